The van der Waals surface area contributed by atoms with Gasteiger partial charge in [0.2, 0.25) is 0 Å². The van der Waals surface area contributed by atoms with Gasteiger partial charge in [0.25, 0.3) is 0 Å². The van der Waals surface area contributed by atoms with Gasteiger partial charge in [0.05, 0.1) is 12.3 Å². The smallest absolute Gasteiger partial charge is 0.180 e. The number of hydrogen-bond donors (Lipinski definition) is 1. The van der Waals surface area contributed by atoms with E-state index in [1.165, 1.54) is 12.1 Å². The third-order valence-corrected chi connectivity index (χ3v) is 5.15. The van der Waals surface area contributed by atoms with Crippen molar-refractivity contribution in [3.05, 3.63) is 71.3 Å². The number of halogens is 1. The van der Waals surface area contributed by atoms with Crippen molar-refractivity contribution in [1.82, 2.24) is 19.9 Å². The molecule has 0 saturated carbocycles. The van der Waals surface area contributed by atoms with Crippen molar-refractivity contribution in [2.75, 3.05) is 25.6 Å². The van der Waals surface area contributed by atoms with E-state index in [4.69, 9.17) is 14.7 Å². The molecule has 30 heavy (non-hydrogen) atoms. The SMILES string of the molecule is COC[C@H](C)Nc1nc(-c2ccccn2)nc2c1CN(Cc1ccc(F)cc1)CC2. The van der Waals surface area contributed by atoms with Crippen LogP contribution in [0, 0.1) is 5.82 Å². The standard InChI is InChI=1S/C23H26FN5O/c1-16(15-30-2)26-22-19-14-29(13-17-6-8-18(24)9-7-17)12-10-20(19)27-23(28-22)21-5-3-4-11-25-21/h3-9,11,16H,10,12-15H2,1-2H3,(H,26,27,28)/t16-/m0/s1. The molecule has 0 amide bonds. The van der Waals surface area contributed by atoms with E-state index in [1.807, 2.05) is 30.3 Å². The molecule has 1 aromatic carbocycles. The highest BCUT2D eigenvalue weighted by atomic mass is 19.1. The van der Waals surface area contributed by atoms with E-state index >= 15 is 0 Å². The van der Waals surface area contributed by atoms with Gasteiger partial charge in [0.15, 0.2) is 5.82 Å². The molecule has 1 aliphatic heterocycles. The summed E-state index contributed by atoms with van der Waals surface area (Å²) in [7, 11) is 1.69. The second-order valence-corrected chi connectivity index (χ2v) is 7.62. The summed E-state index contributed by atoms with van der Waals surface area (Å²) >= 11 is 0. The van der Waals surface area contributed by atoms with Gasteiger partial charge in [-0.3, -0.25) is 9.88 Å². The van der Waals surface area contributed by atoms with Crippen molar-refractivity contribution in [3.63, 3.8) is 0 Å². The summed E-state index contributed by atoms with van der Waals surface area (Å²) in [5.41, 5.74) is 4.00. The molecule has 4 rings (SSSR count). The minimum atomic E-state index is -0.211. The van der Waals surface area contributed by atoms with Crippen LogP contribution >= 0.6 is 0 Å². The number of nitrogens with one attached hydrogen (secondary N) is 1. The van der Waals surface area contributed by atoms with Crippen molar-refractivity contribution in [3.8, 4) is 11.5 Å². The molecule has 1 atom stereocenters. The molecule has 1 N–H and O–H groups in total. The predicted octanol–water partition coefficient (Wildman–Crippen LogP) is 3.68. The highest BCUT2D eigenvalue weighted by Crippen LogP contribution is 2.28. The lowest BCUT2D eigenvalue weighted by Crippen LogP contribution is -2.33. The zero-order valence-corrected chi connectivity index (χ0v) is 17.3. The minimum Gasteiger partial charge on any atom is -0.383 e. The van der Waals surface area contributed by atoms with Crippen molar-refractivity contribution in [2.24, 2.45) is 0 Å². The van der Waals surface area contributed by atoms with E-state index in [-0.39, 0.29) is 11.9 Å². The Labute approximate surface area is 176 Å². The Morgan fingerprint density at radius 1 is 1.17 bits per heavy atom. The van der Waals surface area contributed by atoms with Gasteiger partial charge in [-0.05, 0) is 36.8 Å². The summed E-state index contributed by atoms with van der Waals surface area (Å²) in [5, 5.41) is 3.49. The fourth-order valence-electron chi connectivity index (χ4n) is 3.71. The zero-order valence-electron chi connectivity index (χ0n) is 17.3. The number of benzene rings is 1. The average molecular weight is 407 g/mol. The molecule has 0 aliphatic carbocycles. The van der Waals surface area contributed by atoms with Crippen LogP contribution in [-0.2, 0) is 24.2 Å². The van der Waals surface area contributed by atoms with Gasteiger partial charge in [-0.1, -0.05) is 18.2 Å². The van der Waals surface area contributed by atoms with Crippen LogP contribution in [0.25, 0.3) is 11.5 Å². The van der Waals surface area contributed by atoms with Crippen molar-refractivity contribution in [1.29, 1.82) is 0 Å². The third-order valence-electron chi connectivity index (χ3n) is 5.15. The summed E-state index contributed by atoms with van der Waals surface area (Å²) in [6, 6.07) is 12.6. The molecule has 6 nitrogen and oxygen atoms in total. The molecule has 0 bridgehead atoms. The molecule has 2 aromatic heterocycles. The topological polar surface area (TPSA) is 63.2 Å². The quantitative estimate of drug-likeness (QED) is 0.645. The summed E-state index contributed by atoms with van der Waals surface area (Å²) in [4.78, 5) is 16.4. The average Bonchev–Trinajstić information content (AvgIpc) is 2.76. The number of ether oxygens (including phenoxy) is 1. The first-order chi connectivity index (χ1) is 14.6. The van der Waals surface area contributed by atoms with E-state index in [9.17, 15) is 4.39 Å². The van der Waals surface area contributed by atoms with Crippen molar-refractivity contribution < 1.29 is 9.13 Å². The molecule has 0 radical (unpaired) electrons. The highest BCUT2D eigenvalue weighted by Gasteiger charge is 2.24. The number of fused-ring (bicyclic) bond motifs is 1. The number of rotatable bonds is 7. The second kappa shape index (κ2) is 9.28. The van der Waals surface area contributed by atoms with Gasteiger partial charge in [-0.2, -0.15) is 0 Å². The Morgan fingerprint density at radius 2 is 2.00 bits per heavy atom. The summed E-state index contributed by atoms with van der Waals surface area (Å²) < 4.78 is 18.5. The summed E-state index contributed by atoms with van der Waals surface area (Å²) in [5.74, 6) is 1.25. The number of hydrogen-bond acceptors (Lipinski definition) is 6. The molecule has 0 saturated heterocycles. The van der Waals surface area contributed by atoms with Gasteiger partial charge in [0.1, 0.15) is 17.3 Å². The Balaban J connectivity index is 1.62. The number of pyridine rings is 1. The maximum absolute atomic E-state index is 13.2. The van der Waals surface area contributed by atoms with Crippen LogP contribution in [0.15, 0.2) is 48.7 Å². The first-order valence-electron chi connectivity index (χ1n) is 10.2. The Hall–Kier alpha value is -2.90. The molecule has 0 spiro atoms. The van der Waals surface area contributed by atoms with Crippen LogP contribution in [-0.4, -0.2) is 46.2 Å². The number of aromatic nitrogens is 3. The lowest BCUT2D eigenvalue weighted by Gasteiger charge is -2.30. The first kappa shape index (κ1) is 20.4. The molecular formula is C23H26FN5O. The molecule has 3 heterocycles. The van der Waals surface area contributed by atoms with E-state index < -0.39 is 0 Å². The molecule has 1 aliphatic rings. The van der Waals surface area contributed by atoms with Gasteiger partial charge in [0, 0.05) is 51.0 Å². The predicted molar refractivity (Wildman–Crippen MR) is 114 cm³/mol. The lowest BCUT2D eigenvalue weighted by atomic mass is 10.0. The normalized spacial score (nSPS) is 14.9. The van der Waals surface area contributed by atoms with Gasteiger partial charge >= 0.3 is 0 Å². The summed E-state index contributed by atoms with van der Waals surface area (Å²) in [6.45, 7) is 5.02. The van der Waals surface area contributed by atoms with E-state index in [0.717, 1.165) is 54.4 Å². The number of nitrogens with zero attached hydrogens (tertiary/aromatic N) is 4. The molecule has 0 unspecified atom stereocenters. The van der Waals surface area contributed by atoms with Crippen LogP contribution in [0.3, 0.4) is 0 Å². The van der Waals surface area contributed by atoms with Crippen LogP contribution in [0.1, 0.15) is 23.7 Å². The second-order valence-electron chi connectivity index (χ2n) is 7.62. The fourth-order valence-corrected chi connectivity index (χ4v) is 3.71. The largest absolute Gasteiger partial charge is 0.383 e. The van der Waals surface area contributed by atoms with Gasteiger partial charge in [-0.25, -0.2) is 14.4 Å². The molecule has 7 heteroatoms. The lowest BCUT2D eigenvalue weighted by molar-refractivity contribution is 0.190. The van der Waals surface area contributed by atoms with E-state index in [0.29, 0.717) is 12.4 Å². The highest BCUT2D eigenvalue weighted by molar-refractivity contribution is 5.57. The number of anilines is 1. The third kappa shape index (κ3) is 4.80. The van der Waals surface area contributed by atoms with Crippen molar-refractivity contribution >= 4 is 5.82 Å². The van der Waals surface area contributed by atoms with Gasteiger partial charge < -0.3 is 10.1 Å². The Bertz CT molecular complexity index is 981. The first-order valence-corrected chi connectivity index (χ1v) is 10.2. The van der Waals surface area contributed by atoms with Crippen LogP contribution in [0.5, 0.6) is 0 Å². The monoisotopic (exact) mass is 407 g/mol. The zero-order chi connectivity index (χ0) is 20.9. The Morgan fingerprint density at radius 3 is 2.73 bits per heavy atom. The van der Waals surface area contributed by atoms with Crippen LogP contribution in [0.4, 0.5) is 10.2 Å². The Kier molecular flexibility index (Phi) is 6.30. The van der Waals surface area contributed by atoms with Crippen LogP contribution in [0.2, 0.25) is 0 Å². The van der Waals surface area contributed by atoms with Crippen molar-refractivity contribution in [2.45, 2.75) is 32.5 Å². The minimum absolute atomic E-state index is 0.109. The fraction of sp³-hybridized carbons (Fsp3) is 0.348. The van der Waals surface area contributed by atoms with Gasteiger partial charge in [-0.15, -0.1) is 0 Å². The molecular weight excluding hydrogens is 381 g/mol. The number of methoxy groups -OCH3 is 1. The molecule has 3 aromatic rings. The van der Waals surface area contributed by atoms with E-state index in [2.05, 4.69) is 22.1 Å². The molecule has 156 valence electrons. The maximum atomic E-state index is 13.2. The summed E-state index contributed by atoms with van der Waals surface area (Å²) in [6.07, 6.45) is 2.58. The van der Waals surface area contributed by atoms with Crippen LogP contribution < -0.4 is 5.32 Å². The molecule has 0 fully saturated rings. The maximum Gasteiger partial charge on any atom is 0.180 e. The van der Waals surface area contributed by atoms with E-state index in [1.54, 1.807) is 13.3 Å².